The fourth-order valence-corrected chi connectivity index (χ4v) is 2.94. The molecule has 1 unspecified atom stereocenters. The molecule has 1 aliphatic carbocycles. The second-order valence-electron chi connectivity index (χ2n) is 5.45. The molecule has 1 amide bonds. The molecule has 0 bridgehead atoms. The van der Waals surface area contributed by atoms with Crippen molar-refractivity contribution in [2.24, 2.45) is 0 Å². The molecule has 0 spiro atoms. The third-order valence-corrected chi connectivity index (χ3v) is 4.21. The van der Waals surface area contributed by atoms with Crippen molar-refractivity contribution >= 4 is 5.91 Å². The van der Waals surface area contributed by atoms with Gasteiger partial charge in [-0.15, -0.1) is 0 Å². The Balaban J connectivity index is 1.77. The lowest BCUT2D eigenvalue weighted by molar-refractivity contribution is -0.121. The minimum atomic E-state index is -0.405. The van der Waals surface area contributed by atoms with E-state index in [1.807, 2.05) is 0 Å². The van der Waals surface area contributed by atoms with Crippen molar-refractivity contribution < 1.29 is 14.1 Å². The van der Waals surface area contributed by atoms with Crippen molar-refractivity contribution in [2.75, 3.05) is 20.2 Å². The highest BCUT2D eigenvalue weighted by molar-refractivity contribution is 5.78. The lowest BCUT2D eigenvalue weighted by Gasteiger charge is -2.32. The molecule has 0 aromatic carbocycles. The lowest BCUT2D eigenvalue weighted by Crippen LogP contribution is -2.47. The van der Waals surface area contributed by atoms with Crippen molar-refractivity contribution in [3.63, 3.8) is 0 Å². The van der Waals surface area contributed by atoms with Crippen molar-refractivity contribution in [1.82, 2.24) is 20.8 Å². The van der Waals surface area contributed by atoms with Crippen LogP contribution < -0.4 is 10.6 Å². The number of carbonyl (C=O) groups is 1. The van der Waals surface area contributed by atoms with Gasteiger partial charge in [-0.25, -0.2) is 0 Å². The first-order chi connectivity index (χ1) is 9.73. The van der Waals surface area contributed by atoms with Gasteiger partial charge in [0.1, 0.15) is 11.6 Å². The summed E-state index contributed by atoms with van der Waals surface area (Å²) in [5, 5.41) is 9.98. The van der Waals surface area contributed by atoms with E-state index in [0.717, 1.165) is 25.7 Å². The summed E-state index contributed by atoms with van der Waals surface area (Å²) in [6.07, 6.45) is 5.32. The molecule has 2 aliphatic rings. The van der Waals surface area contributed by atoms with Crippen LogP contribution in [0.5, 0.6) is 0 Å². The van der Waals surface area contributed by atoms with E-state index in [0.29, 0.717) is 18.3 Å². The molecule has 1 saturated carbocycles. The van der Waals surface area contributed by atoms with Crippen LogP contribution in [0.15, 0.2) is 4.52 Å². The van der Waals surface area contributed by atoms with Crippen molar-refractivity contribution in [3.05, 3.63) is 11.7 Å². The molecular formula is C13H20N4O3. The number of nitrogens with one attached hydrogen (secondary N) is 2. The SMILES string of the molecule is COC1(c2noc(C3CNC(=O)CN3)n2)CCCCC1. The molecular weight excluding hydrogens is 260 g/mol. The van der Waals surface area contributed by atoms with Crippen LogP contribution in [-0.4, -0.2) is 36.2 Å². The second-order valence-corrected chi connectivity index (χ2v) is 5.45. The van der Waals surface area contributed by atoms with Crippen LogP contribution in [-0.2, 0) is 15.1 Å². The average molecular weight is 280 g/mol. The highest BCUT2D eigenvalue weighted by atomic mass is 16.5. The number of hydrogen-bond donors (Lipinski definition) is 2. The van der Waals surface area contributed by atoms with E-state index in [1.165, 1.54) is 6.42 Å². The fourth-order valence-electron chi connectivity index (χ4n) is 2.94. The molecule has 7 heteroatoms. The lowest BCUT2D eigenvalue weighted by atomic mass is 9.84. The predicted octanol–water partition coefficient (Wildman–Crippen LogP) is 0.636. The molecule has 0 radical (unpaired) electrons. The number of rotatable bonds is 3. The molecule has 1 atom stereocenters. The van der Waals surface area contributed by atoms with Crippen molar-refractivity contribution in [1.29, 1.82) is 0 Å². The summed E-state index contributed by atoms with van der Waals surface area (Å²) in [4.78, 5) is 15.6. The largest absolute Gasteiger partial charge is 0.370 e. The van der Waals surface area contributed by atoms with E-state index < -0.39 is 5.60 Å². The van der Waals surface area contributed by atoms with Gasteiger partial charge >= 0.3 is 0 Å². The zero-order valence-corrected chi connectivity index (χ0v) is 11.6. The van der Waals surface area contributed by atoms with Gasteiger partial charge in [0.15, 0.2) is 0 Å². The number of nitrogens with zero attached hydrogens (tertiary/aromatic N) is 2. The highest BCUT2D eigenvalue weighted by Gasteiger charge is 2.39. The third kappa shape index (κ3) is 2.43. The first-order valence-corrected chi connectivity index (χ1v) is 7.13. The number of aromatic nitrogens is 2. The van der Waals surface area contributed by atoms with E-state index in [-0.39, 0.29) is 18.5 Å². The minimum absolute atomic E-state index is 0.0124. The van der Waals surface area contributed by atoms with Crippen LogP contribution >= 0.6 is 0 Å². The standard InChI is InChI=1S/C13H20N4O3/c1-19-13(5-3-2-4-6-13)12-16-11(20-17-12)9-7-15-10(18)8-14-9/h9,14H,2-8H2,1H3,(H,15,18). The maximum Gasteiger partial charge on any atom is 0.245 e. The van der Waals surface area contributed by atoms with E-state index in [9.17, 15) is 4.79 Å². The monoisotopic (exact) mass is 280 g/mol. The van der Waals surface area contributed by atoms with Gasteiger partial charge < -0.3 is 14.6 Å². The number of amides is 1. The van der Waals surface area contributed by atoms with Gasteiger partial charge in [0, 0.05) is 13.7 Å². The summed E-state index contributed by atoms with van der Waals surface area (Å²) in [5.74, 6) is 1.14. The van der Waals surface area contributed by atoms with Gasteiger partial charge in [-0.05, 0) is 12.8 Å². The molecule has 110 valence electrons. The molecule has 1 aliphatic heterocycles. The first kappa shape index (κ1) is 13.5. The van der Waals surface area contributed by atoms with Crippen LogP contribution in [0.2, 0.25) is 0 Å². The van der Waals surface area contributed by atoms with Crippen molar-refractivity contribution in [3.8, 4) is 0 Å². The Bertz CT molecular complexity index is 472. The molecule has 2 heterocycles. The Kier molecular flexibility index (Phi) is 3.71. The Morgan fingerprint density at radius 3 is 2.80 bits per heavy atom. The second kappa shape index (κ2) is 5.49. The summed E-state index contributed by atoms with van der Waals surface area (Å²) < 4.78 is 11.1. The number of hydrogen-bond acceptors (Lipinski definition) is 6. The van der Waals surface area contributed by atoms with Crippen LogP contribution in [0.1, 0.15) is 49.9 Å². The number of ether oxygens (including phenoxy) is 1. The van der Waals surface area contributed by atoms with Gasteiger partial charge in [0.2, 0.25) is 17.6 Å². The number of methoxy groups -OCH3 is 1. The Hall–Kier alpha value is -1.47. The summed E-state index contributed by atoms with van der Waals surface area (Å²) in [6.45, 7) is 0.748. The van der Waals surface area contributed by atoms with Crippen LogP contribution in [0, 0.1) is 0 Å². The molecule has 2 N–H and O–H groups in total. The van der Waals surface area contributed by atoms with E-state index in [2.05, 4.69) is 20.8 Å². The maximum atomic E-state index is 11.1. The Morgan fingerprint density at radius 2 is 2.15 bits per heavy atom. The predicted molar refractivity (Wildman–Crippen MR) is 69.8 cm³/mol. The van der Waals surface area contributed by atoms with Gasteiger partial charge in [-0.3, -0.25) is 10.1 Å². The molecule has 3 rings (SSSR count). The van der Waals surface area contributed by atoms with E-state index in [1.54, 1.807) is 7.11 Å². The average Bonchev–Trinajstić information content (AvgIpc) is 2.99. The molecule has 1 saturated heterocycles. The topological polar surface area (TPSA) is 89.3 Å². The van der Waals surface area contributed by atoms with E-state index >= 15 is 0 Å². The summed E-state index contributed by atoms with van der Waals surface area (Å²) in [5.41, 5.74) is -0.405. The first-order valence-electron chi connectivity index (χ1n) is 7.13. The number of piperazine rings is 1. The van der Waals surface area contributed by atoms with Crippen molar-refractivity contribution in [2.45, 2.75) is 43.7 Å². The Labute approximate surface area is 117 Å². The van der Waals surface area contributed by atoms with Gasteiger partial charge in [0.25, 0.3) is 0 Å². The normalized spacial score (nSPS) is 26.2. The van der Waals surface area contributed by atoms with Crippen LogP contribution in [0.3, 0.4) is 0 Å². The zero-order chi connectivity index (χ0) is 14.0. The molecule has 1 aromatic rings. The summed E-state index contributed by atoms with van der Waals surface area (Å²) in [6, 6.07) is -0.119. The summed E-state index contributed by atoms with van der Waals surface area (Å²) >= 11 is 0. The van der Waals surface area contributed by atoms with Crippen LogP contribution in [0.4, 0.5) is 0 Å². The fraction of sp³-hybridized carbons (Fsp3) is 0.769. The van der Waals surface area contributed by atoms with E-state index in [4.69, 9.17) is 9.26 Å². The Morgan fingerprint density at radius 1 is 1.35 bits per heavy atom. The van der Waals surface area contributed by atoms with Gasteiger partial charge in [-0.2, -0.15) is 4.98 Å². The quantitative estimate of drug-likeness (QED) is 0.844. The molecule has 20 heavy (non-hydrogen) atoms. The molecule has 1 aromatic heterocycles. The highest BCUT2D eigenvalue weighted by Crippen LogP contribution is 2.38. The smallest absolute Gasteiger partial charge is 0.245 e. The maximum absolute atomic E-state index is 11.1. The van der Waals surface area contributed by atoms with Crippen LogP contribution in [0.25, 0.3) is 0 Å². The zero-order valence-electron chi connectivity index (χ0n) is 11.6. The third-order valence-electron chi connectivity index (χ3n) is 4.21. The number of carbonyl (C=O) groups excluding carboxylic acids is 1. The summed E-state index contributed by atoms with van der Waals surface area (Å²) in [7, 11) is 1.71. The molecule has 2 fully saturated rings. The minimum Gasteiger partial charge on any atom is -0.370 e. The molecule has 7 nitrogen and oxygen atoms in total. The van der Waals surface area contributed by atoms with Gasteiger partial charge in [0.05, 0.1) is 6.54 Å². The van der Waals surface area contributed by atoms with Gasteiger partial charge in [-0.1, -0.05) is 24.4 Å².